The molecule has 9 heteroatoms. The Morgan fingerprint density at radius 2 is 2.08 bits per heavy atom. The maximum absolute atomic E-state index is 13.9. The molecule has 4 rings (SSSR count). The van der Waals surface area contributed by atoms with E-state index in [-0.39, 0.29) is 5.69 Å². The van der Waals surface area contributed by atoms with Gasteiger partial charge in [-0.05, 0) is 12.1 Å². The second-order valence-corrected chi connectivity index (χ2v) is 5.81. The molecule has 2 N–H and O–H groups in total. The number of hydrogen-bond donors (Lipinski definition) is 2. The lowest BCUT2D eigenvalue weighted by Gasteiger charge is -2.17. The molecule has 1 aliphatic heterocycles. The molecule has 3 aromatic heterocycles. The second-order valence-electron chi connectivity index (χ2n) is 5.81. The summed E-state index contributed by atoms with van der Waals surface area (Å²) in [6.45, 7) is 0.780. The Bertz CT molecular complexity index is 896. The van der Waals surface area contributed by atoms with E-state index in [0.29, 0.717) is 35.8 Å². The molecular weight excluding hydrogens is 333 g/mol. The predicted octanol–water partition coefficient (Wildman–Crippen LogP) is 2.45. The van der Waals surface area contributed by atoms with E-state index in [2.05, 4.69) is 25.6 Å². The van der Waals surface area contributed by atoms with Crippen LogP contribution in [0.15, 0.2) is 36.9 Å². The number of halogens is 3. The second kappa shape index (κ2) is 6.32. The normalized spacial score (nSPS) is 20.5. The largest absolute Gasteiger partial charge is 0.363 e. The SMILES string of the molecule is FC(F)c1cn2c(-c3cccnc3N[C@H]3CNC[C@@H]3F)cnc2cn1. The van der Waals surface area contributed by atoms with Gasteiger partial charge >= 0.3 is 0 Å². The van der Waals surface area contributed by atoms with Crippen LogP contribution in [0, 0.1) is 0 Å². The molecule has 2 atom stereocenters. The van der Waals surface area contributed by atoms with Crippen LogP contribution in [-0.2, 0) is 0 Å². The average molecular weight is 348 g/mol. The maximum Gasteiger partial charge on any atom is 0.281 e. The summed E-state index contributed by atoms with van der Waals surface area (Å²) in [5.41, 5.74) is 1.34. The number of nitrogens with zero attached hydrogens (tertiary/aromatic N) is 4. The van der Waals surface area contributed by atoms with Gasteiger partial charge in [0.05, 0.1) is 24.1 Å². The first kappa shape index (κ1) is 15.8. The Morgan fingerprint density at radius 1 is 1.20 bits per heavy atom. The molecule has 4 heterocycles. The summed E-state index contributed by atoms with van der Waals surface area (Å²) in [5.74, 6) is 0.482. The van der Waals surface area contributed by atoms with Gasteiger partial charge in [0.2, 0.25) is 0 Å². The molecule has 0 aromatic carbocycles. The molecule has 0 spiro atoms. The summed E-state index contributed by atoms with van der Waals surface area (Å²) in [7, 11) is 0. The van der Waals surface area contributed by atoms with Crippen molar-refractivity contribution < 1.29 is 13.2 Å². The first-order valence-corrected chi connectivity index (χ1v) is 7.81. The zero-order valence-electron chi connectivity index (χ0n) is 13.0. The van der Waals surface area contributed by atoms with Crippen molar-refractivity contribution in [1.29, 1.82) is 0 Å². The number of fused-ring (bicyclic) bond motifs is 1. The van der Waals surface area contributed by atoms with Gasteiger partial charge < -0.3 is 10.6 Å². The predicted molar refractivity (Wildman–Crippen MR) is 86.4 cm³/mol. The Morgan fingerprint density at radius 3 is 2.84 bits per heavy atom. The van der Waals surface area contributed by atoms with Crippen LogP contribution in [0.5, 0.6) is 0 Å². The summed E-state index contributed by atoms with van der Waals surface area (Å²) in [6.07, 6.45) is 2.02. The molecule has 0 saturated carbocycles. The van der Waals surface area contributed by atoms with Crippen LogP contribution in [0.2, 0.25) is 0 Å². The molecule has 1 fully saturated rings. The Labute approximate surface area is 141 Å². The lowest BCUT2D eigenvalue weighted by Crippen LogP contribution is -2.30. The molecule has 6 nitrogen and oxygen atoms in total. The summed E-state index contributed by atoms with van der Waals surface area (Å²) < 4.78 is 41.3. The van der Waals surface area contributed by atoms with Crippen LogP contribution in [0.4, 0.5) is 19.0 Å². The molecule has 1 saturated heterocycles. The van der Waals surface area contributed by atoms with Gasteiger partial charge in [-0.2, -0.15) is 0 Å². The lowest BCUT2D eigenvalue weighted by molar-refractivity contribution is 0.145. The van der Waals surface area contributed by atoms with Gasteiger partial charge in [-0.1, -0.05) is 0 Å². The van der Waals surface area contributed by atoms with Gasteiger partial charge in [-0.25, -0.2) is 28.1 Å². The lowest BCUT2D eigenvalue weighted by atomic mass is 10.1. The zero-order valence-corrected chi connectivity index (χ0v) is 13.0. The van der Waals surface area contributed by atoms with E-state index in [1.807, 2.05) is 0 Å². The van der Waals surface area contributed by atoms with E-state index in [1.165, 1.54) is 16.8 Å². The third-order valence-corrected chi connectivity index (χ3v) is 4.19. The van der Waals surface area contributed by atoms with Crippen molar-refractivity contribution >= 4 is 11.5 Å². The van der Waals surface area contributed by atoms with Gasteiger partial charge in [-0.15, -0.1) is 0 Å². The first-order chi connectivity index (χ1) is 12.1. The number of hydrogen-bond acceptors (Lipinski definition) is 5. The topological polar surface area (TPSA) is 67.1 Å². The van der Waals surface area contributed by atoms with E-state index in [9.17, 15) is 13.2 Å². The van der Waals surface area contributed by atoms with Gasteiger partial charge in [0.1, 0.15) is 17.7 Å². The third kappa shape index (κ3) is 2.91. The molecule has 0 aliphatic carbocycles. The summed E-state index contributed by atoms with van der Waals surface area (Å²) >= 11 is 0. The van der Waals surface area contributed by atoms with Gasteiger partial charge in [0.25, 0.3) is 6.43 Å². The average Bonchev–Trinajstić information content (AvgIpc) is 3.21. The van der Waals surface area contributed by atoms with Crippen LogP contribution in [0.1, 0.15) is 12.1 Å². The zero-order chi connectivity index (χ0) is 17.4. The minimum atomic E-state index is -2.68. The highest BCUT2D eigenvalue weighted by molar-refractivity contribution is 5.74. The fourth-order valence-electron chi connectivity index (χ4n) is 2.91. The number of aromatic nitrogens is 4. The fraction of sp³-hybridized carbons (Fsp3) is 0.312. The van der Waals surface area contributed by atoms with Crippen LogP contribution < -0.4 is 10.6 Å². The van der Waals surface area contributed by atoms with Gasteiger partial charge in [0.15, 0.2) is 5.65 Å². The van der Waals surface area contributed by atoms with Crippen molar-refractivity contribution in [2.75, 3.05) is 18.4 Å². The van der Waals surface area contributed by atoms with Crippen molar-refractivity contribution in [3.8, 4) is 11.3 Å². The van der Waals surface area contributed by atoms with Crippen molar-refractivity contribution in [1.82, 2.24) is 24.7 Å². The molecule has 0 bridgehead atoms. The number of alkyl halides is 3. The third-order valence-electron chi connectivity index (χ3n) is 4.19. The van der Waals surface area contributed by atoms with Crippen LogP contribution in [0.3, 0.4) is 0 Å². The standard InChI is InChI=1S/C16H15F3N6/c17-10-4-20-5-11(10)24-16-9(2-1-3-21-16)13-6-23-14-7-22-12(15(18)19)8-25(13)14/h1-3,6-8,10-11,15,20H,4-5H2,(H,21,24)/t10-,11-/m0/s1. The monoisotopic (exact) mass is 348 g/mol. The van der Waals surface area contributed by atoms with Crippen LogP contribution >= 0.6 is 0 Å². The van der Waals surface area contributed by atoms with Crippen LogP contribution in [-0.4, -0.2) is 44.7 Å². The first-order valence-electron chi connectivity index (χ1n) is 7.81. The van der Waals surface area contributed by atoms with E-state index in [4.69, 9.17) is 0 Å². The number of rotatable bonds is 4. The van der Waals surface area contributed by atoms with Gasteiger partial charge in [-0.3, -0.25) is 4.40 Å². The minimum absolute atomic E-state index is 0.291. The van der Waals surface area contributed by atoms with Crippen molar-refractivity contribution in [3.05, 3.63) is 42.6 Å². The summed E-state index contributed by atoms with van der Waals surface area (Å²) in [4.78, 5) is 12.2. The number of pyridine rings is 1. The van der Waals surface area contributed by atoms with Crippen molar-refractivity contribution in [2.45, 2.75) is 18.6 Å². The molecule has 25 heavy (non-hydrogen) atoms. The molecule has 3 aromatic rings. The maximum atomic E-state index is 13.9. The molecule has 130 valence electrons. The van der Waals surface area contributed by atoms with Crippen molar-refractivity contribution in [2.24, 2.45) is 0 Å². The highest BCUT2D eigenvalue weighted by atomic mass is 19.3. The highest BCUT2D eigenvalue weighted by Crippen LogP contribution is 2.29. The van der Waals surface area contributed by atoms with E-state index in [1.54, 1.807) is 24.5 Å². The van der Waals surface area contributed by atoms with Crippen LogP contribution in [0.25, 0.3) is 16.9 Å². The van der Waals surface area contributed by atoms with Crippen molar-refractivity contribution in [3.63, 3.8) is 0 Å². The summed E-state index contributed by atoms with van der Waals surface area (Å²) in [5, 5.41) is 6.07. The number of imidazole rings is 1. The van der Waals surface area contributed by atoms with E-state index < -0.39 is 18.6 Å². The Kier molecular flexibility index (Phi) is 4.00. The van der Waals surface area contributed by atoms with Gasteiger partial charge in [0, 0.05) is 31.0 Å². The minimum Gasteiger partial charge on any atom is -0.363 e. The molecule has 0 unspecified atom stereocenters. The number of anilines is 1. The molecule has 1 aliphatic rings. The smallest absolute Gasteiger partial charge is 0.281 e. The Balaban J connectivity index is 1.77. The Hall–Kier alpha value is -2.68. The fourth-order valence-corrected chi connectivity index (χ4v) is 2.91. The highest BCUT2D eigenvalue weighted by Gasteiger charge is 2.27. The quantitative estimate of drug-likeness (QED) is 0.758. The van der Waals surface area contributed by atoms with E-state index >= 15 is 0 Å². The molecule has 0 amide bonds. The molecule has 0 radical (unpaired) electrons. The number of nitrogens with one attached hydrogen (secondary N) is 2. The van der Waals surface area contributed by atoms with E-state index in [0.717, 1.165) is 0 Å². The molecular formula is C16H15F3N6. The summed E-state index contributed by atoms with van der Waals surface area (Å²) in [6, 6.07) is 3.12.